The van der Waals surface area contributed by atoms with Crippen molar-refractivity contribution in [1.29, 1.82) is 0 Å². The minimum absolute atomic E-state index is 1.17. The van der Waals surface area contributed by atoms with Crippen molar-refractivity contribution in [3.8, 4) is 67.3 Å². The Hall–Kier alpha value is -11.7. The summed E-state index contributed by atoms with van der Waals surface area (Å²) in [7, 11) is 0. The summed E-state index contributed by atoms with van der Waals surface area (Å²) in [4.78, 5) is 0. The van der Waals surface area contributed by atoms with Crippen molar-refractivity contribution in [2.24, 2.45) is 0 Å². The van der Waals surface area contributed by atoms with E-state index in [1.54, 1.807) is 0 Å². The fourth-order valence-corrected chi connectivity index (χ4v) is 14.1. The van der Waals surface area contributed by atoms with Gasteiger partial charge in [0.15, 0.2) is 0 Å². The van der Waals surface area contributed by atoms with E-state index in [-0.39, 0.29) is 0 Å². The summed E-state index contributed by atoms with van der Waals surface area (Å²) in [5.41, 5.74) is 26.8. The molecule has 0 aliphatic heterocycles. The number of nitrogens with zero attached hydrogens (tertiary/aromatic N) is 4. The Labute approximate surface area is 522 Å². The smallest absolute Gasteiger partial charge is 0.0543 e. The first-order valence-corrected chi connectivity index (χ1v) is 31.1. The molecule has 0 spiro atoms. The Morgan fingerprint density at radius 3 is 0.878 bits per heavy atom. The van der Waals surface area contributed by atoms with E-state index in [1.165, 1.54) is 166 Å². The SMILES string of the molecule is Cc1ccc2c(c1)c1cc(-c3ccc4c(c3)c3ccccc3n4-c3cccc(-c4ccccc4)c3)ccc1n2-c1ccccc1.Cc1ccc2c3cc(-c4ccc5c(c4)c4ccccc4n5-c4cccc(-c5ccccc5)c4)ccc3n(-c3ccccc3)c2c1. The average molecular weight is 1150 g/mol. The van der Waals surface area contributed by atoms with Crippen LogP contribution in [0.25, 0.3) is 154 Å². The Balaban J connectivity index is 0.000000139. The lowest BCUT2D eigenvalue weighted by atomic mass is 10.0. The van der Waals surface area contributed by atoms with Gasteiger partial charge in [-0.05, 0) is 191 Å². The molecular weight excluding hydrogens is 1090 g/mol. The molecule has 0 bridgehead atoms. The zero-order chi connectivity index (χ0) is 59.8. The molecule has 18 aromatic rings. The Morgan fingerprint density at radius 1 is 0.156 bits per heavy atom. The highest BCUT2D eigenvalue weighted by atomic mass is 15.0. The monoisotopic (exact) mass is 1150 g/mol. The van der Waals surface area contributed by atoms with Crippen molar-refractivity contribution in [1.82, 2.24) is 18.3 Å². The molecule has 0 saturated carbocycles. The third-order valence-corrected chi connectivity index (χ3v) is 18.3. The molecular formula is C86H60N4. The summed E-state index contributed by atoms with van der Waals surface area (Å²) in [5, 5.41) is 10.1. The number of aromatic nitrogens is 4. The topological polar surface area (TPSA) is 19.7 Å². The number of benzene rings is 14. The minimum atomic E-state index is 1.17. The first-order chi connectivity index (χ1) is 44.5. The summed E-state index contributed by atoms with van der Waals surface area (Å²) in [6.07, 6.45) is 0. The van der Waals surface area contributed by atoms with Crippen LogP contribution in [0.3, 0.4) is 0 Å². The second kappa shape index (κ2) is 21.6. The van der Waals surface area contributed by atoms with E-state index in [2.05, 4.69) is 360 Å². The van der Waals surface area contributed by atoms with Gasteiger partial charge in [-0.2, -0.15) is 0 Å². The lowest BCUT2D eigenvalue weighted by Gasteiger charge is -2.11. The summed E-state index contributed by atoms with van der Waals surface area (Å²) in [6, 6.07) is 119. The number of rotatable bonds is 8. The minimum Gasteiger partial charge on any atom is -0.309 e. The van der Waals surface area contributed by atoms with Crippen LogP contribution in [0.5, 0.6) is 0 Å². The maximum absolute atomic E-state index is 2.40. The fraction of sp³-hybridized carbons (Fsp3) is 0.0233. The molecule has 90 heavy (non-hydrogen) atoms. The van der Waals surface area contributed by atoms with Gasteiger partial charge >= 0.3 is 0 Å². The van der Waals surface area contributed by atoms with Crippen LogP contribution in [-0.2, 0) is 0 Å². The molecule has 18 rings (SSSR count). The second-order valence-corrected chi connectivity index (χ2v) is 23.8. The lowest BCUT2D eigenvalue weighted by molar-refractivity contribution is 1.18. The van der Waals surface area contributed by atoms with Gasteiger partial charge in [0.05, 0.1) is 44.1 Å². The third kappa shape index (κ3) is 8.91. The Morgan fingerprint density at radius 2 is 0.433 bits per heavy atom. The lowest BCUT2D eigenvalue weighted by Crippen LogP contribution is -1.94. The van der Waals surface area contributed by atoms with E-state index in [0.717, 1.165) is 0 Å². The van der Waals surface area contributed by atoms with E-state index >= 15 is 0 Å². The maximum Gasteiger partial charge on any atom is 0.0543 e. The average Bonchev–Trinajstić information content (AvgIpc) is 1.71. The standard InChI is InChI=1S/2C43H30N2/c1-29-19-22-37-39-28-33(20-23-41(39)44(43(37)25-29)34-14-6-3-7-15-34)32-21-24-42-38(27-32)36-17-8-9-18-40(36)45(42)35-16-10-13-31(26-35)30-11-4-2-5-12-30;1-29-19-22-41-37(25-29)39-28-33(21-24-43(39)44(41)34-14-6-3-7-15-34)32-20-23-42-38(27-32)36-17-8-9-18-40(36)45(42)35-16-10-13-31(26-35)30-11-4-2-5-12-30/h2*2-28H,1H3. The number of hydrogen-bond acceptors (Lipinski definition) is 0. The second-order valence-electron chi connectivity index (χ2n) is 23.8. The molecule has 0 fully saturated rings. The number of para-hydroxylation sites is 4. The van der Waals surface area contributed by atoms with Crippen LogP contribution in [0.2, 0.25) is 0 Å². The first-order valence-electron chi connectivity index (χ1n) is 31.1. The molecule has 0 aliphatic carbocycles. The summed E-state index contributed by atoms with van der Waals surface area (Å²) in [6.45, 7) is 4.34. The Bertz CT molecular complexity index is 5780. The van der Waals surface area contributed by atoms with Crippen molar-refractivity contribution in [2.45, 2.75) is 13.8 Å². The van der Waals surface area contributed by atoms with E-state index in [1.807, 2.05) is 0 Å². The van der Waals surface area contributed by atoms with Crippen LogP contribution in [0.1, 0.15) is 11.1 Å². The summed E-state index contributed by atoms with van der Waals surface area (Å²) >= 11 is 0. The molecule has 0 aliphatic rings. The predicted octanol–water partition coefficient (Wildman–Crippen LogP) is 23.0. The van der Waals surface area contributed by atoms with Gasteiger partial charge in [0.25, 0.3) is 0 Å². The highest BCUT2D eigenvalue weighted by molar-refractivity contribution is 6.15. The van der Waals surface area contributed by atoms with Crippen LogP contribution in [0.15, 0.2) is 328 Å². The summed E-state index contributed by atoms with van der Waals surface area (Å²) in [5.74, 6) is 0. The van der Waals surface area contributed by atoms with Crippen molar-refractivity contribution in [3.05, 3.63) is 339 Å². The first kappa shape index (κ1) is 52.6. The van der Waals surface area contributed by atoms with Gasteiger partial charge in [-0.1, -0.05) is 206 Å². The number of hydrogen-bond donors (Lipinski definition) is 0. The van der Waals surface area contributed by atoms with Crippen LogP contribution < -0.4 is 0 Å². The fourth-order valence-electron chi connectivity index (χ4n) is 14.1. The molecule has 4 nitrogen and oxygen atoms in total. The van der Waals surface area contributed by atoms with E-state index in [4.69, 9.17) is 0 Å². The molecule has 14 aromatic carbocycles. The van der Waals surface area contributed by atoms with Crippen molar-refractivity contribution >= 4 is 87.2 Å². The molecule has 0 radical (unpaired) electrons. The predicted molar refractivity (Wildman–Crippen MR) is 381 cm³/mol. The molecule has 0 atom stereocenters. The molecule has 0 N–H and O–H groups in total. The molecule has 4 heterocycles. The van der Waals surface area contributed by atoms with Gasteiger partial charge in [-0.3, -0.25) is 0 Å². The van der Waals surface area contributed by atoms with Crippen LogP contribution in [0, 0.1) is 13.8 Å². The molecule has 0 saturated heterocycles. The van der Waals surface area contributed by atoms with Crippen LogP contribution in [0.4, 0.5) is 0 Å². The van der Waals surface area contributed by atoms with E-state index in [0.29, 0.717) is 0 Å². The quantitative estimate of drug-likeness (QED) is 0.144. The van der Waals surface area contributed by atoms with Crippen LogP contribution in [-0.4, -0.2) is 18.3 Å². The van der Waals surface area contributed by atoms with Gasteiger partial charge in [0.1, 0.15) is 0 Å². The van der Waals surface area contributed by atoms with Gasteiger partial charge in [-0.25, -0.2) is 0 Å². The molecule has 424 valence electrons. The highest BCUT2D eigenvalue weighted by Gasteiger charge is 2.20. The van der Waals surface area contributed by atoms with Crippen molar-refractivity contribution in [2.75, 3.05) is 0 Å². The van der Waals surface area contributed by atoms with E-state index in [9.17, 15) is 0 Å². The van der Waals surface area contributed by atoms with Crippen molar-refractivity contribution in [3.63, 3.8) is 0 Å². The maximum atomic E-state index is 2.40. The number of fused-ring (bicyclic) bond motifs is 12. The highest BCUT2D eigenvalue weighted by Crippen LogP contribution is 2.42. The van der Waals surface area contributed by atoms with Gasteiger partial charge in [0.2, 0.25) is 0 Å². The zero-order valence-corrected chi connectivity index (χ0v) is 50.0. The normalized spacial score (nSPS) is 11.7. The zero-order valence-electron chi connectivity index (χ0n) is 50.0. The number of aryl methyl sites for hydroxylation is 2. The van der Waals surface area contributed by atoms with Crippen LogP contribution >= 0.6 is 0 Å². The largest absolute Gasteiger partial charge is 0.309 e. The van der Waals surface area contributed by atoms with E-state index < -0.39 is 0 Å². The van der Waals surface area contributed by atoms with Crippen molar-refractivity contribution < 1.29 is 0 Å². The summed E-state index contributed by atoms with van der Waals surface area (Å²) < 4.78 is 9.58. The Kier molecular flexibility index (Phi) is 12.6. The molecule has 0 amide bonds. The van der Waals surface area contributed by atoms with Gasteiger partial charge < -0.3 is 18.3 Å². The van der Waals surface area contributed by atoms with Gasteiger partial charge in [-0.15, -0.1) is 0 Å². The molecule has 0 unspecified atom stereocenters. The van der Waals surface area contributed by atoms with Gasteiger partial charge in [0, 0.05) is 65.8 Å². The third-order valence-electron chi connectivity index (χ3n) is 18.3. The molecule has 4 aromatic heterocycles. The molecule has 4 heteroatoms.